The van der Waals surface area contributed by atoms with Crippen LogP contribution in [0.3, 0.4) is 0 Å². The zero-order valence-corrected chi connectivity index (χ0v) is 20.6. The molecule has 0 aliphatic rings. The third-order valence-corrected chi connectivity index (χ3v) is 6.13. The van der Waals surface area contributed by atoms with Crippen LogP contribution in [0, 0.1) is 6.92 Å². The Morgan fingerprint density at radius 2 is 1.81 bits per heavy atom. The Morgan fingerprint density at radius 1 is 1.16 bits per heavy atom. The largest absolute Gasteiger partial charge is 0.460 e. The van der Waals surface area contributed by atoms with E-state index in [1.54, 1.807) is 33.8 Å². The molecule has 2 heterocycles. The molecule has 7 nitrogen and oxygen atoms in total. The van der Waals surface area contributed by atoms with Gasteiger partial charge in [0.05, 0.1) is 6.42 Å². The molecule has 0 bridgehead atoms. The number of esters is 1. The van der Waals surface area contributed by atoms with Crippen molar-refractivity contribution in [3.8, 4) is 11.4 Å². The van der Waals surface area contributed by atoms with Crippen LogP contribution in [-0.4, -0.2) is 46.0 Å². The molecular formula is C21H31F3N4O3Si. The van der Waals surface area contributed by atoms with Gasteiger partial charge in [-0.1, -0.05) is 19.6 Å². The van der Waals surface area contributed by atoms with Gasteiger partial charge in [0.2, 0.25) is 5.82 Å². The fourth-order valence-corrected chi connectivity index (χ4v) is 3.55. The summed E-state index contributed by atoms with van der Waals surface area (Å²) >= 11 is 0. The first-order chi connectivity index (χ1) is 14.6. The van der Waals surface area contributed by atoms with Gasteiger partial charge in [-0.05, 0) is 45.4 Å². The number of aromatic nitrogens is 4. The predicted octanol–water partition coefficient (Wildman–Crippen LogP) is 4.86. The molecule has 0 amide bonds. The first kappa shape index (κ1) is 26.0. The molecule has 0 fully saturated rings. The SMILES string of the molecule is Cc1ncc(-c2nnc(C(F)(F)F)n2COCC[Si](C)(C)C)cc1CC(=O)OC(C)(C)C. The molecule has 0 saturated heterocycles. The Bertz CT molecular complexity index is 947. The molecule has 0 N–H and O–H groups in total. The van der Waals surface area contributed by atoms with Crippen LogP contribution in [0.15, 0.2) is 12.3 Å². The molecule has 0 aromatic carbocycles. The summed E-state index contributed by atoms with van der Waals surface area (Å²) in [6, 6.07) is 2.41. The lowest BCUT2D eigenvalue weighted by atomic mass is 10.1. The van der Waals surface area contributed by atoms with Gasteiger partial charge in [0.1, 0.15) is 12.3 Å². The van der Waals surface area contributed by atoms with Gasteiger partial charge in [-0.3, -0.25) is 14.3 Å². The summed E-state index contributed by atoms with van der Waals surface area (Å²) in [5.41, 5.74) is 0.781. The Hall–Kier alpha value is -2.27. The summed E-state index contributed by atoms with van der Waals surface area (Å²) in [6.45, 7) is 13.5. The molecule has 32 heavy (non-hydrogen) atoms. The fraction of sp³-hybridized carbons (Fsp3) is 0.619. The van der Waals surface area contributed by atoms with Gasteiger partial charge in [-0.25, -0.2) is 0 Å². The van der Waals surface area contributed by atoms with Gasteiger partial charge in [-0.15, -0.1) is 10.2 Å². The molecule has 0 unspecified atom stereocenters. The number of pyridine rings is 1. The summed E-state index contributed by atoms with van der Waals surface area (Å²) in [5, 5.41) is 7.11. The van der Waals surface area contributed by atoms with Gasteiger partial charge in [-0.2, -0.15) is 13.2 Å². The number of alkyl halides is 3. The van der Waals surface area contributed by atoms with E-state index in [9.17, 15) is 18.0 Å². The van der Waals surface area contributed by atoms with E-state index in [-0.39, 0.29) is 19.0 Å². The second-order valence-corrected chi connectivity index (χ2v) is 15.5. The number of carbonyl (C=O) groups excluding carboxylic acids is 1. The second kappa shape index (κ2) is 9.70. The molecule has 0 spiro atoms. The quantitative estimate of drug-likeness (QED) is 0.310. The maximum absolute atomic E-state index is 13.5. The van der Waals surface area contributed by atoms with E-state index in [1.165, 1.54) is 6.20 Å². The van der Waals surface area contributed by atoms with Gasteiger partial charge in [0.25, 0.3) is 0 Å². The zero-order chi connectivity index (χ0) is 24.3. The van der Waals surface area contributed by atoms with Gasteiger partial charge < -0.3 is 9.47 Å². The lowest BCUT2D eigenvalue weighted by molar-refractivity contribution is -0.154. The number of halogens is 3. The number of hydrogen-bond donors (Lipinski definition) is 0. The molecule has 178 valence electrons. The highest BCUT2D eigenvalue weighted by atomic mass is 28.3. The van der Waals surface area contributed by atoms with Crippen molar-refractivity contribution in [2.75, 3.05) is 6.61 Å². The van der Waals surface area contributed by atoms with Crippen LogP contribution in [0.4, 0.5) is 13.2 Å². The summed E-state index contributed by atoms with van der Waals surface area (Å²) in [5.74, 6) is -1.62. The minimum Gasteiger partial charge on any atom is -0.460 e. The molecule has 2 rings (SSSR count). The average molecular weight is 473 g/mol. The van der Waals surface area contributed by atoms with Crippen LogP contribution in [0.1, 0.15) is 37.9 Å². The third kappa shape index (κ3) is 7.70. The predicted molar refractivity (Wildman–Crippen MR) is 117 cm³/mol. The van der Waals surface area contributed by atoms with E-state index >= 15 is 0 Å². The van der Waals surface area contributed by atoms with Crippen molar-refractivity contribution < 1.29 is 27.4 Å². The molecule has 11 heteroatoms. The van der Waals surface area contributed by atoms with Crippen LogP contribution in [0.5, 0.6) is 0 Å². The molecule has 0 saturated carbocycles. The summed E-state index contributed by atoms with van der Waals surface area (Å²) in [7, 11) is -1.40. The Labute approximate surface area is 187 Å². The van der Waals surface area contributed by atoms with Crippen molar-refractivity contribution >= 4 is 14.0 Å². The standard InChI is InChI=1S/C21H31F3N4O3Si/c1-14-15(11-17(29)31-20(2,3)4)10-16(12-25-14)18-26-27-19(21(22,23)24)28(18)13-30-8-9-32(5,6)7/h10,12H,8-9,11,13H2,1-7H3. The van der Waals surface area contributed by atoms with Crippen LogP contribution < -0.4 is 0 Å². The topological polar surface area (TPSA) is 79.1 Å². The molecule has 0 aliphatic carbocycles. The van der Waals surface area contributed by atoms with Crippen molar-refractivity contribution in [1.29, 1.82) is 0 Å². The third-order valence-electron chi connectivity index (χ3n) is 4.43. The van der Waals surface area contributed by atoms with E-state index < -0.39 is 31.6 Å². The molecular weight excluding hydrogens is 441 g/mol. The van der Waals surface area contributed by atoms with Gasteiger partial charge >= 0.3 is 12.1 Å². The van der Waals surface area contributed by atoms with E-state index in [1.807, 2.05) is 0 Å². The monoisotopic (exact) mass is 472 g/mol. The first-order valence-corrected chi connectivity index (χ1v) is 14.0. The minimum absolute atomic E-state index is 0.0248. The number of rotatable bonds is 8. The lowest BCUT2D eigenvalue weighted by Gasteiger charge is -2.20. The summed E-state index contributed by atoms with van der Waals surface area (Å²) in [6.07, 6.45) is -3.33. The van der Waals surface area contributed by atoms with Crippen molar-refractivity contribution in [3.05, 3.63) is 29.3 Å². The van der Waals surface area contributed by atoms with Crippen LogP contribution >= 0.6 is 0 Å². The fourth-order valence-electron chi connectivity index (χ4n) is 2.80. The van der Waals surface area contributed by atoms with Crippen LogP contribution in [0.25, 0.3) is 11.4 Å². The number of hydrogen-bond acceptors (Lipinski definition) is 6. The molecule has 0 atom stereocenters. The van der Waals surface area contributed by atoms with Crippen molar-refractivity contribution in [3.63, 3.8) is 0 Å². The Morgan fingerprint density at radius 3 is 2.38 bits per heavy atom. The molecule has 0 aliphatic heterocycles. The molecule has 2 aromatic rings. The van der Waals surface area contributed by atoms with Crippen LogP contribution in [-0.2, 0) is 33.6 Å². The van der Waals surface area contributed by atoms with Crippen molar-refractivity contribution in [1.82, 2.24) is 19.7 Å². The normalized spacial score (nSPS) is 12.8. The van der Waals surface area contributed by atoms with E-state index in [0.29, 0.717) is 23.4 Å². The summed E-state index contributed by atoms with van der Waals surface area (Å²) in [4.78, 5) is 16.5. The zero-order valence-electron chi connectivity index (χ0n) is 19.6. The first-order valence-electron chi connectivity index (χ1n) is 10.3. The average Bonchev–Trinajstić information content (AvgIpc) is 3.02. The number of nitrogens with zero attached hydrogens (tertiary/aromatic N) is 4. The van der Waals surface area contributed by atoms with Crippen molar-refractivity contribution in [2.24, 2.45) is 0 Å². The van der Waals surface area contributed by atoms with Gasteiger partial charge in [0.15, 0.2) is 5.82 Å². The smallest absolute Gasteiger partial charge is 0.451 e. The van der Waals surface area contributed by atoms with E-state index in [4.69, 9.17) is 9.47 Å². The van der Waals surface area contributed by atoms with E-state index in [0.717, 1.165) is 10.6 Å². The highest BCUT2D eigenvalue weighted by molar-refractivity contribution is 6.76. The maximum atomic E-state index is 13.5. The van der Waals surface area contributed by atoms with Crippen molar-refractivity contribution in [2.45, 2.75) is 78.3 Å². The lowest BCUT2D eigenvalue weighted by Crippen LogP contribution is -2.25. The maximum Gasteiger partial charge on any atom is 0.451 e. The number of aryl methyl sites for hydroxylation is 1. The Kier molecular flexibility index (Phi) is 7.87. The minimum atomic E-state index is -4.69. The molecule has 2 aromatic heterocycles. The van der Waals surface area contributed by atoms with Crippen LogP contribution in [0.2, 0.25) is 25.7 Å². The Balaban J connectivity index is 2.33. The molecule has 0 radical (unpaired) electrons. The highest BCUT2D eigenvalue weighted by Crippen LogP contribution is 2.31. The van der Waals surface area contributed by atoms with Gasteiger partial charge in [0, 0.05) is 32.1 Å². The summed E-state index contributed by atoms with van der Waals surface area (Å²) < 4.78 is 52.3. The number of carbonyl (C=O) groups is 1. The second-order valence-electron chi connectivity index (χ2n) is 9.85. The van der Waals surface area contributed by atoms with E-state index in [2.05, 4.69) is 34.8 Å². The highest BCUT2D eigenvalue weighted by Gasteiger charge is 2.39. The number of ether oxygens (including phenoxy) is 2.